The van der Waals surface area contributed by atoms with Gasteiger partial charge in [0.15, 0.2) is 0 Å². The molecule has 0 saturated heterocycles. The van der Waals surface area contributed by atoms with Gasteiger partial charge in [-0.2, -0.15) is 0 Å². The number of halogens is 1. The molecule has 2 heterocycles. The zero-order chi connectivity index (χ0) is 10.8. The van der Waals surface area contributed by atoms with Crippen molar-refractivity contribution in [3.8, 4) is 0 Å². The molecular formula is C10H8ClNO2S. The first kappa shape index (κ1) is 10.4. The van der Waals surface area contributed by atoms with E-state index in [4.69, 9.17) is 16.3 Å². The molecule has 0 fully saturated rings. The highest BCUT2D eigenvalue weighted by atomic mass is 35.5. The maximum absolute atomic E-state index is 11.5. The third-order valence-electron chi connectivity index (χ3n) is 1.89. The Bertz CT molecular complexity index is 509. The summed E-state index contributed by atoms with van der Waals surface area (Å²) < 4.78 is 4.87. The molecule has 0 unspecified atom stereocenters. The second-order valence-corrected chi connectivity index (χ2v) is 4.11. The van der Waals surface area contributed by atoms with Crippen LogP contribution in [0.25, 0.3) is 10.2 Å². The van der Waals surface area contributed by atoms with E-state index in [2.05, 4.69) is 4.98 Å². The first-order valence-electron chi connectivity index (χ1n) is 4.43. The van der Waals surface area contributed by atoms with Gasteiger partial charge in [0.05, 0.1) is 12.2 Å². The van der Waals surface area contributed by atoms with Crippen LogP contribution in [0.4, 0.5) is 0 Å². The van der Waals surface area contributed by atoms with Crippen molar-refractivity contribution in [1.29, 1.82) is 0 Å². The number of hydrogen-bond donors (Lipinski definition) is 0. The summed E-state index contributed by atoms with van der Waals surface area (Å²) in [6.07, 6.45) is 0. The Morgan fingerprint density at radius 1 is 1.67 bits per heavy atom. The van der Waals surface area contributed by atoms with Crippen molar-refractivity contribution in [2.24, 2.45) is 0 Å². The van der Waals surface area contributed by atoms with E-state index in [1.165, 1.54) is 11.3 Å². The minimum atomic E-state index is -0.428. The number of aromatic nitrogens is 1. The second-order valence-electron chi connectivity index (χ2n) is 2.86. The number of rotatable bonds is 2. The van der Waals surface area contributed by atoms with E-state index in [0.29, 0.717) is 12.2 Å². The predicted molar refractivity (Wildman–Crippen MR) is 60.6 cm³/mol. The molecule has 0 aliphatic heterocycles. The average molecular weight is 242 g/mol. The number of hydrogen-bond acceptors (Lipinski definition) is 4. The average Bonchev–Trinajstić information content (AvgIpc) is 2.63. The summed E-state index contributed by atoms with van der Waals surface area (Å²) in [5.41, 5.74) is 0.324. The summed E-state index contributed by atoms with van der Waals surface area (Å²) in [5.74, 6) is -0.428. The fraction of sp³-hybridized carbons (Fsp3) is 0.200. The molecule has 2 aromatic heterocycles. The first-order valence-corrected chi connectivity index (χ1v) is 5.69. The third-order valence-corrected chi connectivity index (χ3v) is 3.00. The van der Waals surface area contributed by atoms with Crippen molar-refractivity contribution < 1.29 is 9.53 Å². The smallest absolute Gasteiger partial charge is 0.341 e. The lowest BCUT2D eigenvalue weighted by Gasteiger charge is -2.03. The van der Waals surface area contributed by atoms with Crippen LogP contribution in [0.1, 0.15) is 17.3 Å². The molecule has 0 aromatic carbocycles. The van der Waals surface area contributed by atoms with Gasteiger partial charge in [0.25, 0.3) is 0 Å². The summed E-state index contributed by atoms with van der Waals surface area (Å²) in [7, 11) is 0. The van der Waals surface area contributed by atoms with Crippen LogP contribution in [0.5, 0.6) is 0 Å². The van der Waals surface area contributed by atoms with Crippen molar-refractivity contribution in [1.82, 2.24) is 4.98 Å². The highest BCUT2D eigenvalue weighted by Gasteiger charge is 2.14. The minimum Gasteiger partial charge on any atom is -0.462 e. The van der Waals surface area contributed by atoms with Gasteiger partial charge < -0.3 is 4.74 Å². The lowest BCUT2D eigenvalue weighted by Crippen LogP contribution is -2.05. The molecule has 0 radical (unpaired) electrons. The number of carbonyl (C=O) groups excluding carboxylic acids is 1. The number of ether oxygens (including phenoxy) is 1. The first-order chi connectivity index (χ1) is 7.22. The molecule has 2 rings (SSSR count). The van der Waals surface area contributed by atoms with Gasteiger partial charge in [0.2, 0.25) is 0 Å². The molecule has 0 aliphatic carbocycles. The van der Waals surface area contributed by atoms with Gasteiger partial charge in [-0.25, -0.2) is 9.78 Å². The maximum Gasteiger partial charge on any atom is 0.341 e. The van der Waals surface area contributed by atoms with Gasteiger partial charge >= 0.3 is 5.97 Å². The number of carbonyl (C=O) groups is 1. The molecule has 15 heavy (non-hydrogen) atoms. The van der Waals surface area contributed by atoms with E-state index in [9.17, 15) is 4.79 Å². The van der Waals surface area contributed by atoms with Gasteiger partial charge in [-0.05, 0) is 24.4 Å². The van der Waals surface area contributed by atoms with Crippen molar-refractivity contribution in [3.63, 3.8) is 0 Å². The Labute approximate surface area is 95.6 Å². The lowest BCUT2D eigenvalue weighted by molar-refractivity contribution is 0.0526. The number of nitrogens with zero attached hydrogens (tertiary/aromatic N) is 1. The molecule has 0 amide bonds. The Morgan fingerprint density at radius 2 is 2.47 bits per heavy atom. The Morgan fingerprint density at radius 3 is 3.20 bits per heavy atom. The largest absolute Gasteiger partial charge is 0.462 e. The predicted octanol–water partition coefficient (Wildman–Crippen LogP) is 3.13. The molecule has 0 N–H and O–H groups in total. The third kappa shape index (κ3) is 1.96. The molecule has 3 nitrogen and oxygen atoms in total. The maximum atomic E-state index is 11.5. The molecular weight excluding hydrogens is 234 g/mol. The van der Waals surface area contributed by atoms with Crippen molar-refractivity contribution in [3.05, 3.63) is 28.2 Å². The van der Waals surface area contributed by atoms with Gasteiger partial charge in [-0.3, -0.25) is 0 Å². The van der Waals surface area contributed by atoms with Crippen LogP contribution in [0.3, 0.4) is 0 Å². The van der Waals surface area contributed by atoms with Crippen LogP contribution in [0.15, 0.2) is 17.5 Å². The molecule has 0 bridgehead atoms. The van der Waals surface area contributed by atoms with E-state index in [0.717, 1.165) is 10.2 Å². The molecule has 2 aromatic rings. The van der Waals surface area contributed by atoms with Crippen LogP contribution in [0.2, 0.25) is 5.15 Å². The van der Waals surface area contributed by atoms with Crippen molar-refractivity contribution >= 4 is 39.1 Å². The van der Waals surface area contributed by atoms with Crippen LogP contribution < -0.4 is 0 Å². The minimum absolute atomic E-state index is 0.198. The van der Waals surface area contributed by atoms with Gasteiger partial charge in [0, 0.05) is 5.39 Å². The fourth-order valence-corrected chi connectivity index (χ4v) is 2.25. The van der Waals surface area contributed by atoms with Crippen LogP contribution in [-0.4, -0.2) is 17.6 Å². The molecule has 0 atom stereocenters. The van der Waals surface area contributed by atoms with E-state index in [1.807, 2.05) is 11.4 Å². The zero-order valence-electron chi connectivity index (χ0n) is 7.99. The zero-order valence-corrected chi connectivity index (χ0v) is 9.56. The quantitative estimate of drug-likeness (QED) is 0.599. The number of esters is 1. The van der Waals surface area contributed by atoms with E-state index >= 15 is 0 Å². The standard InChI is InChI=1S/C10H8ClNO2S/c1-2-14-10(13)7-5-6-3-4-15-9(6)12-8(7)11/h3-5H,2H2,1H3. The summed E-state index contributed by atoms with van der Waals surface area (Å²) in [6.45, 7) is 2.08. The number of fused-ring (bicyclic) bond motifs is 1. The van der Waals surface area contributed by atoms with Crippen LogP contribution >= 0.6 is 22.9 Å². The SMILES string of the molecule is CCOC(=O)c1cc2ccsc2nc1Cl. The molecule has 78 valence electrons. The van der Waals surface area contributed by atoms with E-state index in [-0.39, 0.29) is 5.15 Å². The summed E-state index contributed by atoms with van der Waals surface area (Å²) >= 11 is 7.37. The number of thiophene rings is 1. The van der Waals surface area contributed by atoms with Gasteiger partial charge in [0.1, 0.15) is 9.98 Å². The van der Waals surface area contributed by atoms with Gasteiger partial charge in [-0.1, -0.05) is 11.6 Å². The Balaban J connectivity index is 2.50. The fourth-order valence-electron chi connectivity index (χ4n) is 1.23. The molecule has 0 spiro atoms. The van der Waals surface area contributed by atoms with E-state index in [1.54, 1.807) is 13.0 Å². The molecule has 0 saturated carbocycles. The lowest BCUT2D eigenvalue weighted by atomic mass is 10.2. The summed E-state index contributed by atoms with van der Waals surface area (Å²) in [6, 6.07) is 3.60. The van der Waals surface area contributed by atoms with Gasteiger partial charge in [-0.15, -0.1) is 11.3 Å². The van der Waals surface area contributed by atoms with Crippen LogP contribution in [-0.2, 0) is 4.74 Å². The topological polar surface area (TPSA) is 39.2 Å². The van der Waals surface area contributed by atoms with Crippen molar-refractivity contribution in [2.75, 3.05) is 6.61 Å². The summed E-state index contributed by atoms with van der Waals surface area (Å²) in [5, 5.41) is 3.01. The second kappa shape index (κ2) is 4.16. The normalized spacial score (nSPS) is 10.5. The molecule has 0 aliphatic rings. The summed E-state index contributed by atoms with van der Waals surface area (Å²) in [4.78, 5) is 16.4. The van der Waals surface area contributed by atoms with Crippen LogP contribution in [0, 0.1) is 0 Å². The van der Waals surface area contributed by atoms with Crippen molar-refractivity contribution in [2.45, 2.75) is 6.92 Å². The highest BCUT2D eigenvalue weighted by molar-refractivity contribution is 7.16. The van der Waals surface area contributed by atoms with E-state index < -0.39 is 5.97 Å². The Kier molecular flexibility index (Phi) is 2.88. The molecule has 5 heteroatoms. The monoisotopic (exact) mass is 241 g/mol. The Hall–Kier alpha value is -1.13. The highest BCUT2D eigenvalue weighted by Crippen LogP contribution is 2.24. The number of pyridine rings is 1.